The summed E-state index contributed by atoms with van der Waals surface area (Å²) in [5.74, 6) is 0.0954. The zero-order chi connectivity index (χ0) is 15.4. The number of benzene rings is 1. The third-order valence-corrected chi connectivity index (χ3v) is 4.52. The second-order valence-corrected chi connectivity index (χ2v) is 6.06. The molecule has 6 heteroatoms. The van der Waals surface area contributed by atoms with Crippen molar-refractivity contribution in [2.24, 2.45) is 5.92 Å². The van der Waals surface area contributed by atoms with Crippen molar-refractivity contribution in [2.45, 2.75) is 25.7 Å². The molecule has 126 valence electrons. The van der Waals surface area contributed by atoms with Crippen molar-refractivity contribution in [2.75, 3.05) is 31.5 Å². The first kappa shape index (κ1) is 17.8. The number of hydrogen-bond acceptors (Lipinski definition) is 3. The number of nitrogens with zero attached hydrogens (tertiary/aromatic N) is 1. The zero-order valence-corrected chi connectivity index (χ0v) is 14.0. The summed E-state index contributed by atoms with van der Waals surface area (Å²) >= 11 is 0. The molecule has 0 radical (unpaired) electrons. The molecule has 2 aliphatic heterocycles. The van der Waals surface area contributed by atoms with E-state index < -0.39 is 0 Å². The monoisotopic (exact) mass is 337 g/mol. The molecule has 2 heterocycles. The topological polar surface area (TPSA) is 61.4 Å². The van der Waals surface area contributed by atoms with Crippen LogP contribution in [0.25, 0.3) is 0 Å². The lowest BCUT2D eigenvalue weighted by Gasteiger charge is -2.23. The summed E-state index contributed by atoms with van der Waals surface area (Å²) in [6.07, 6.45) is 3.84. The van der Waals surface area contributed by atoms with Gasteiger partial charge in [-0.3, -0.25) is 9.59 Å². The fourth-order valence-electron chi connectivity index (χ4n) is 3.19. The maximum absolute atomic E-state index is 12.6. The van der Waals surface area contributed by atoms with E-state index in [0.29, 0.717) is 11.3 Å². The smallest absolute Gasteiger partial charge is 0.255 e. The van der Waals surface area contributed by atoms with Gasteiger partial charge >= 0.3 is 0 Å². The van der Waals surface area contributed by atoms with E-state index in [1.54, 1.807) is 6.07 Å². The Hall–Kier alpha value is -1.59. The number of para-hydroxylation sites is 1. The predicted octanol–water partition coefficient (Wildman–Crippen LogP) is 2.28. The maximum atomic E-state index is 12.6. The standard InChI is InChI=1S/C17H23N3O2.ClH/c21-16(13-7-9-18-10-8-13)19-15-6-2-1-5-14(15)17(22)20-11-3-4-12-20;/h1-2,5-6,13,18H,3-4,7-12H2,(H,19,21);1H. The summed E-state index contributed by atoms with van der Waals surface area (Å²) in [5.41, 5.74) is 1.25. The van der Waals surface area contributed by atoms with Crippen molar-refractivity contribution in [1.82, 2.24) is 10.2 Å². The molecular formula is C17H24ClN3O2. The van der Waals surface area contributed by atoms with Crippen LogP contribution in [0.4, 0.5) is 5.69 Å². The van der Waals surface area contributed by atoms with E-state index in [1.807, 2.05) is 23.1 Å². The molecule has 2 fully saturated rings. The van der Waals surface area contributed by atoms with Gasteiger partial charge in [0.05, 0.1) is 11.3 Å². The van der Waals surface area contributed by atoms with Gasteiger partial charge < -0.3 is 15.5 Å². The fraction of sp³-hybridized carbons (Fsp3) is 0.529. The molecule has 1 aromatic carbocycles. The highest BCUT2D eigenvalue weighted by Gasteiger charge is 2.25. The number of hydrogen-bond donors (Lipinski definition) is 2. The third-order valence-electron chi connectivity index (χ3n) is 4.52. The second-order valence-electron chi connectivity index (χ2n) is 6.06. The maximum Gasteiger partial charge on any atom is 0.255 e. The molecule has 2 N–H and O–H groups in total. The fourth-order valence-corrected chi connectivity index (χ4v) is 3.19. The minimum atomic E-state index is 0. The third kappa shape index (κ3) is 4.24. The van der Waals surface area contributed by atoms with Crippen molar-refractivity contribution in [3.05, 3.63) is 29.8 Å². The van der Waals surface area contributed by atoms with Crippen molar-refractivity contribution < 1.29 is 9.59 Å². The van der Waals surface area contributed by atoms with Crippen LogP contribution in [0.3, 0.4) is 0 Å². The molecule has 23 heavy (non-hydrogen) atoms. The zero-order valence-electron chi connectivity index (χ0n) is 13.2. The highest BCUT2D eigenvalue weighted by atomic mass is 35.5. The van der Waals surface area contributed by atoms with Gasteiger partial charge in [-0.2, -0.15) is 0 Å². The van der Waals surface area contributed by atoms with Gasteiger partial charge in [0.2, 0.25) is 5.91 Å². The Kier molecular flexibility index (Phi) is 6.42. The number of carbonyl (C=O) groups excluding carboxylic acids is 2. The Morgan fingerprint density at radius 3 is 2.43 bits per heavy atom. The van der Waals surface area contributed by atoms with E-state index in [0.717, 1.165) is 51.9 Å². The van der Waals surface area contributed by atoms with E-state index in [1.165, 1.54) is 0 Å². The van der Waals surface area contributed by atoms with Crippen molar-refractivity contribution in [3.8, 4) is 0 Å². The molecule has 2 aliphatic rings. The normalized spacial score (nSPS) is 18.3. The molecular weight excluding hydrogens is 314 g/mol. The van der Waals surface area contributed by atoms with Gasteiger partial charge in [0.25, 0.3) is 5.91 Å². The molecule has 0 bridgehead atoms. The van der Waals surface area contributed by atoms with Crippen LogP contribution in [-0.2, 0) is 4.79 Å². The van der Waals surface area contributed by atoms with Crippen molar-refractivity contribution >= 4 is 29.9 Å². The summed E-state index contributed by atoms with van der Waals surface area (Å²) in [6.45, 7) is 3.39. The molecule has 1 aromatic rings. The van der Waals surface area contributed by atoms with Gasteiger partial charge in [-0.1, -0.05) is 12.1 Å². The Bertz CT molecular complexity index is 553. The number of nitrogens with one attached hydrogen (secondary N) is 2. The Morgan fingerprint density at radius 2 is 1.74 bits per heavy atom. The number of anilines is 1. The van der Waals surface area contributed by atoms with Gasteiger partial charge in [0.15, 0.2) is 0 Å². The van der Waals surface area contributed by atoms with Gasteiger partial charge in [0, 0.05) is 19.0 Å². The lowest BCUT2D eigenvalue weighted by Crippen LogP contribution is -2.35. The van der Waals surface area contributed by atoms with E-state index in [9.17, 15) is 9.59 Å². The minimum Gasteiger partial charge on any atom is -0.339 e. The van der Waals surface area contributed by atoms with Crippen LogP contribution in [0.15, 0.2) is 24.3 Å². The highest BCUT2D eigenvalue weighted by molar-refractivity contribution is 6.04. The second kappa shape index (κ2) is 8.31. The summed E-state index contributed by atoms with van der Waals surface area (Å²) in [6, 6.07) is 7.34. The molecule has 3 rings (SSSR count). The van der Waals surface area contributed by atoms with Gasteiger partial charge in [-0.25, -0.2) is 0 Å². The van der Waals surface area contributed by atoms with E-state index >= 15 is 0 Å². The highest BCUT2D eigenvalue weighted by Crippen LogP contribution is 2.22. The number of likely N-dealkylation sites (tertiary alicyclic amines) is 1. The van der Waals surface area contributed by atoms with Gasteiger partial charge in [-0.05, 0) is 50.9 Å². The summed E-state index contributed by atoms with van der Waals surface area (Å²) in [7, 11) is 0. The van der Waals surface area contributed by atoms with Crippen LogP contribution in [0.5, 0.6) is 0 Å². The van der Waals surface area contributed by atoms with Gasteiger partial charge in [-0.15, -0.1) is 12.4 Å². The first-order chi connectivity index (χ1) is 10.8. The molecule has 0 saturated carbocycles. The molecule has 0 unspecified atom stereocenters. The van der Waals surface area contributed by atoms with E-state index in [2.05, 4.69) is 10.6 Å². The Morgan fingerprint density at radius 1 is 1.09 bits per heavy atom. The Balaban J connectivity index is 0.00000192. The number of carbonyl (C=O) groups is 2. The lowest BCUT2D eigenvalue weighted by molar-refractivity contribution is -0.120. The quantitative estimate of drug-likeness (QED) is 0.889. The molecule has 0 spiro atoms. The largest absolute Gasteiger partial charge is 0.339 e. The van der Waals surface area contributed by atoms with Crippen LogP contribution in [0.1, 0.15) is 36.0 Å². The number of rotatable bonds is 3. The van der Waals surface area contributed by atoms with Crippen LogP contribution in [0.2, 0.25) is 0 Å². The average Bonchev–Trinajstić information content (AvgIpc) is 3.10. The average molecular weight is 338 g/mol. The number of amides is 2. The van der Waals surface area contributed by atoms with Crippen LogP contribution < -0.4 is 10.6 Å². The van der Waals surface area contributed by atoms with Crippen molar-refractivity contribution in [3.63, 3.8) is 0 Å². The van der Waals surface area contributed by atoms with Gasteiger partial charge in [0.1, 0.15) is 0 Å². The number of halogens is 1. The summed E-state index contributed by atoms with van der Waals surface area (Å²) in [4.78, 5) is 26.9. The molecule has 0 atom stereocenters. The Labute approximate surface area is 143 Å². The molecule has 5 nitrogen and oxygen atoms in total. The summed E-state index contributed by atoms with van der Waals surface area (Å²) < 4.78 is 0. The first-order valence-electron chi connectivity index (χ1n) is 8.15. The SMILES string of the molecule is Cl.O=C(Nc1ccccc1C(=O)N1CCCC1)C1CCNCC1. The lowest BCUT2D eigenvalue weighted by atomic mass is 9.97. The van der Waals surface area contributed by atoms with Crippen LogP contribution >= 0.6 is 12.4 Å². The number of piperidine rings is 1. The van der Waals surface area contributed by atoms with Crippen molar-refractivity contribution in [1.29, 1.82) is 0 Å². The molecule has 2 amide bonds. The summed E-state index contributed by atoms with van der Waals surface area (Å²) in [5, 5.41) is 6.23. The molecule has 0 aliphatic carbocycles. The molecule has 0 aromatic heterocycles. The van der Waals surface area contributed by atoms with E-state index in [-0.39, 0.29) is 30.1 Å². The van der Waals surface area contributed by atoms with Crippen LogP contribution in [-0.4, -0.2) is 42.9 Å². The van der Waals surface area contributed by atoms with Crippen LogP contribution in [0, 0.1) is 5.92 Å². The first-order valence-corrected chi connectivity index (χ1v) is 8.15. The molecule has 2 saturated heterocycles. The minimum absolute atomic E-state index is 0. The predicted molar refractivity (Wildman–Crippen MR) is 93.1 cm³/mol. The van der Waals surface area contributed by atoms with E-state index in [4.69, 9.17) is 0 Å².